The van der Waals surface area contributed by atoms with Crippen molar-refractivity contribution in [2.75, 3.05) is 24.7 Å². The number of nitrogens with zero attached hydrogens (tertiary/aromatic N) is 2. The van der Waals surface area contributed by atoms with E-state index in [1.807, 2.05) is 6.92 Å². The van der Waals surface area contributed by atoms with E-state index in [1.165, 1.54) is 4.90 Å². The quantitative estimate of drug-likeness (QED) is 0.0984. The Kier molecular flexibility index (Phi) is 9.24. The zero-order valence-corrected chi connectivity index (χ0v) is 24.2. The maximum atomic E-state index is 13.6. The number of ketones is 1. The molecule has 1 aromatic heterocycles. The molecule has 0 spiro atoms. The lowest BCUT2D eigenvalue weighted by molar-refractivity contribution is -0.132. The van der Waals surface area contributed by atoms with E-state index in [0.29, 0.717) is 47.1 Å². The molecule has 214 valence electrons. The van der Waals surface area contributed by atoms with Crippen molar-refractivity contribution in [3.05, 3.63) is 88.0 Å². The number of amides is 1. The predicted octanol–water partition coefficient (Wildman–Crippen LogP) is 5.92. The highest BCUT2D eigenvalue weighted by Crippen LogP contribution is 2.44. The molecular weight excluding hydrogens is 544 g/mol. The van der Waals surface area contributed by atoms with Crippen LogP contribution in [-0.4, -0.2) is 47.6 Å². The van der Waals surface area contributed by atoms with Crippen molar-refractivity contribution < 1.29 is 33.7 Å². The van der Waals surface area contributed by atoms with E-state index in [2.05, 4.69) is 11.6 Å². The zero-order chi connectivity index (χ0) is 29.7. The monoisotopic (exact) mass is 576 g/mol. The molecular formula is C31H32N2O7S. The number of aryl methyl sites for hydroxylation is 2. The lowest BCUT2D eigenvalue weighted by atomic mass is 9.94. The number of aromatic nitrogens is 1. The van der Waals surface area contributed by atoms with Crippen LogP contribution in [0.2, 0.25) is 0 Å². The van der Waals surface area contributed by atoms with Crippen LogP contribution < -0.4 is 14.4 Å². The van der Waals surface area contributed by atoms with Gasteiger partial charge in [-0.05, 0) is 68.7 Å². The van der Waals surface area contributed by atoms with E-state index in [4.69, 9.17) is 14.2 Å². The molecule has 1 atom stereocenters. The summed E-state index contributed by atoms with van der Waals surface area (Å²) >= 11 is 0.956. The molecule has 1 aliphatic rings. The summed E-state index contributed by atoms with van der Waals surface area (Å²) < 4.78 is 16.4. The number of Topliss-reactive ketones (excluding diaryl/α,β-unsaturated/α-hetero) is 1. The number of thiazole rings is 1. The maximum absolute atomic E-state index is 13.6. The van der Waals surface area contributed by atoms with Crippen molar-refractivity contribution in [1.82, 2.24) is 4.98 Å². The van der Waals surface area contributed by atoms with Gasteiger partial charge in [-0.25, -0.2) is 9.78 Å². The average Bonchev–Trinajstić information content (AvgIpc) is 3.47. The van der Waals surface area contributed by atoms with Crippen molar-refractivity contribution in [3.63, 3.8) is 0 Å². The Morgan fingerprint density at radius 3 is 2.44 bits per heavy atom. The van der Waals surface area contributed by atoms with Gasteiger partial charge in [-0.15, -0.1) is 0 Å². The molecule has 0 saturated carbocycles. The molecule has 4 rings (SSSR count). The molecule has 0 bridgehead atoms. The van der Waals surface area contributed by atoms with Gasteiger partial charge in [0.15, 0.2) is 5.13 Å². The van der Waals surface area contributed by atoms with Crippen LogP contribution in [0.1, 0.15) is 58.4 Å². The molecule has 0 unspecified atom stereocenters. The first-order chi connectivity index (χ1) is 19.7. The summed E-state index contributed by atoms with van der Waals surface area (Å²) in [5, 5.41) is 11.7. The van der Waals surface area contributed by atoms with Gasteiger partial charge in [-0.1, -0.05) is 43.0 Å². The first-order valence-corrected chi connectivity index (χ1v) is 14.1. The van der Waals surface area contributed by atoms with E-state index in [0.717, 1.165) is 17.8 Å². The molecule has 1 N–H and O–H groups in total. The van der Waals surface area contributed by atoms with Crippen LogP contribution >= 0.6 is 11.3 Å². The van der Waals surface area contributed by atoms with Crippen LogP contribution in [0.25, 0.3) is 5.76 Å². The standard InChI is InChI=1S/C31H32N2O7S/c1-6-15-39-21-11-9-20(10-12-21)25-24(26(34)23-14-13-22(17-18(23)4)40-16-7-2)27(35)29(36)33(25)31-32-19(5)28(41-31)30(37)38-8-3/h6,9-14,17,25,34H,1,7-8,15-16H2,2-5H3/t25-/m1/s1. The second kappa shape index (κ2) is 12.8. The Bertz CT molecular complexity index is 1510. The number of esters is 1. The van der Waals surface area contributed by atoms with Gasteiger partial charge in [0.2, 0.25) is 0 Å². The highest BCUT2D eigenvalue weighted by Gasteiger charge is 2.48. The van der Waals surface area contributed by atoms with E-state index in [9.17, 15) is 19.5 Å². The van der Waals surface area contributed by atoms with Crippen molar-refractivity contribution in [3.8, 4) is 11.5 Å². The molecule has 2 aromatic carbocycles. The molecule has 0 radical (unpaired) electrons. The number of anilines is 1. The molecule has 2 heterocycles. The van der Waals surface area contributed by atoms with Gasteiger partial charge in [0, 0.05) is 5.56 Å². The van der Waals surface area contributed by atoms with Gasteiger partial charge >= 0.3 is 11.9 Å². The second-order valence-corrected chi connectivity index (χ2v) is 10.3. The minimum absolute atomic E-state index is 0.0920. The van der Waals surface area contributed by atoms with Crippen LogP contribution in [-0.2, 0) is 14.3 Å². The Morgan fingerprint density at radius 2 is 1.80 bits per heavy atom. The van der Waals surface area contributed by atoms with Crippen molar-refractivity contribution in [1.29, 1.82) is 0 Å². The molecule has 9 nitrogen and oxygen atoms in total. The third-order valence-electron chi connectivity index (χ3n) is 6.39. The molecule has 0 aliphatic carbocycles. The van der Waals surface area contributed by atoms with Gasteiger partial charge < -0.3 is 19.3 Å². The normalized spacial score (nSPS) is 16.1. The Labute approximate surface area is 242 Å². The molecule has 41 heavy (non-hydrogen) atoms. The van der Waals surface area contributed by atoms with Crippen molar-refractivity contribution in [2.45, 2.75) is 40.2 Å². The number of carbonyl (C=O) groups is 3. The maximum Gasteiger partial charge on any atom is 0.350 e. The number of rotatable bonds is 11. The lowest BCUT2D eigenvalue weighted by Crippen LogP contribution is -2.29. The van der Waals surface area contributed by atoms with E-state index < -0.39 is 23.7 Å². The Balaban J connectivity index is 1.86. The summed E-state index contributed by atoms with van der Waals surface area (Å²) in [4.78, 5) is 45.5. The van der Waals surface area contributed by atoms with Crippen LogP contribution in [0.15, 0.2) is 60.7 Å². The highest BCUT2D eigenvalue weighted by molar-refractivity contribution is 7.17. The van der Waals surface area contributed by atoms with Gasteiger partial charge in [-0.3, -0.25) is 14.5 Å². The highest BCUT2D eigenvalue weighted by atomic mass is 32.1. The third-order valence-corrected chi connectivity index (χ3v) is 7.52. The summed E-state index contributed by atoms with van der Waals surface area (Å²) in [6.07, 6.45) is 2.46. The first-order valence-electron chi connectivity index (χ1n) is 13.2. The third kappa shape index (κ3) is 6.02. The van der Waals surface area contributed by atoms with Crippen molar-refractivity contribution in [2.24, 2.45) is 0 Å². The fourth-order valence-electron chi connectivity index (χ4n) is 4.47. The average molecular weight is 577 g/mol. The van der Waals surface area contributed by atoms with E-state index in [-0.39, 0.29) is 27.9 Å². The topological polar surface area (TPSA) is 115 Å². The number of aliphatic hydroxyl groups is 1. The van der Waals surface area contributed by atoms with Crippen LogP contribution in [0.5, 0.6) is 11.5 Å². The molecule has 1 fully saturated rings. The minimum atomic E-state index is -1.01. The lowest BCUT2D eigenvalue weighted by Gasteiger charge is -2.23. The fourth-order valence-corrected chi connectivity index (χ4v) is 5.46. The number of ether oxygens (including phenoxy) is 3. The van der Waals surface area contributed by atoms with Crippen LogP contribution in [0, 0.1) is 13.8 Å². The summed E-state index contributed by atoms with van der Waals surface area (Å²) in [6.45, 7) is 11.8. The molecule has 3 aromatic rings. The van der Waals surface area contributed by atoms with Crippen LogP contribution in [0.3, 0.4) is 0 Å². The van der Waals surface area contributed by atoms with Gasteiger partial charge in [0.1, 0.15) is 28.7 Å². The fraction of sp³-hybridized carbons (Fsp3) is 0.290. The first kappa shape index (κ1) is 29.5. The Morgan fingerprint density at radius 1 is 1.10 bits per heavy atom. The second-order valence-electron chi connectivity index (χ2n) is 9.29. The minimum Gasteiger partial charge on any atom is -0.507 e. The van der Waals surface area contributed by atoms with Crippen LogP contribution in [0.4, 0.5) is 5.13 Å². The molecule has 1 amide bonds. The zero-order valence-electron chi connectivity index (χ0n) is 23.4. The number of benzene rings is 2. The number of hydrogen-bond donors (Lipinski definition) is 1. The van der Waals surface area contributed by atoms with E-state index in [1.54, 1.807) is 69.3 Å². The Hall–Kier alpha value is -4.44. The molecule has 1 saturated heterocycles. The molecule has 10 heteroatoms. The summed E-state index contributed by atoms with van der Waals surface area (Å²) in [5.74, 6) is -1.41. The summed E-state index contributed by atoms with van der Waals surface area (Å²) in [6, 6.07) is 11.0. The van der Waals surface area contributed by atoms with Gasteiger partial charge in [0.25, 0.3) is 5.78 Å². The number of hydrogen-bond acceptors (Lipinski definition) is 9. The summed E-state index contributed by atoms with van der Waals surface area (Å²) in [5.41, 5.74) is 1.89. The predicted molar refractivity (Wildman–Crippen MR) is 157 cm³/mol. The number of carbonyl (C=O) groups excluding carboxylic acids is 3. The van der Waals surface area contributed by atoms with E-state index >= 15 is 0 Å². The van der Waals surface area contributed by atoms with Gasteiger partial charge in [0.05, 0.1) is 30.5 Å². The van der Waals surface area contributed by atoms with Crippen molar-refractivity contribution >= 4 is 39.9 Å². The SMILES string of the molecule is C=CCOc1ccc([C@@H]2C(=C(O)c3ccc(OCCC)cc3C)C(=O)C(=O)N2c2nc(C)c(C(=O)OCC)s2)cc1. The molecule has 1 aliphatic heterocycles. The van der Waals surface area contributed by atoms with Gasteiger partial charge in [-0.2, -0.15) is 0 Å². The number of aliphatic hydroxyl groups excluding tert-OH is 1. The largest absolute Gasteiger partial charge is 0.507 e. The smallest absolute Gasteiger partial charge is 0.350 e. The summed E-state index contributed by atoms with van der Waals surface area (Å²) in [7, 11) is 0.